The van der Waals surface area contributed by atoms with Gasteiger partial charge in [0.15, 0.2) is 12.1 Å². The van der Waals surface area contributed by atoms with E-state index in [0.717, 1.165) is 17.6 Å². The number of hydrogen-bond acceptors (Lipinski definition) is 7. The molecule has 6 unspecified atom stereocenters. The fourth-order valence-corrected chi connectivity index (χ4v) is 3.02. The van der Waals surface area contributed by atoms with Crippen LogP contribution in [0.3, 0.4) is 0 Å². The Bertz CT molecular complexity index is 459. The monoisotopic (exact) mass is 330 g/mol. The van der Waals surface area contributed by atoms with Crippen molar-refractivity contribution in [1.29, 1.82) is 0 Å². The number of aliphatic hydroxyl groups excluding tert-OH is 4. The molecule has 6 atom stereocenters. The quantitative estimate of drug-likeness (QED) is 0.514. The zero-order chi connectivity index (χ0) is 17.1. The first-order valence-electron chi connectivity index (χ1n) is 7.99. The van der Waals surface area contributed by atoms with Gasteiger partial charge in [-0.25, -0.2) is 0 Å². The Balaban J connectivity index is 1.98. The van der Waals surface area contributed by atoms with E-state index in [1.54, 1.807) is 6.92 Å². The van der Waals surface area contributed by atoms with Gasteiger partial charge in [-0.15, -0.1) is 0 Å². The maximum atomic E-state index is 12.1. The molecule has 0 aromatic heterocycles. The largest absolute Gasteiger partial charge is 0.394 e. The summed E-state index contributed by atoms with van der Waals surface area (Å²) < 4.78 is 10.7. The fraction of sp³-hybridized carbons (Fsp3) is 0.812. The molecule has 132 valence electrons. The Kier molecular flexibility index (Phi) is 6.30. The first kappa shape index (κ1) is 18.5. The third-order valence-electron chi connectivity index (χ3n) is 4.59. The summed E-state index contributed by atoms with van der Waals surface area (Å²) in [7, 11) is 0. The molecular weight excluding hydrogens is 304 g/mol. The maximum Gasteiger partial charge on any atom is 0.187 e. The van der Waals surface area contributed by atoms with E-state index >= 15 is 0 Å². The van der Waals surface area contributed by atoms with Crippen molar-refractivity contribution in [3.05, 3.63) is 11.1 Å². The molecular formula is C16H26O7. The SMILES string of the molecule is CC(COC1OC(CO)C(O)C(O)C1O)=C1CCC(C)CC1=O. The molecule has 7 heteroatoms. The summed E-state index contributed by atoms with van der Waals surface area (Å²) in [5.74, 6) is 0.518. The van der Waals surface area contributed by atoms with E-state index in [1.807, 2.05) is 0 Å². The Morgan fingerprint density at radius 1 is 1.26 bits per heavy atom. The molecule has 0 aromatic rings. The molecule has 1 saturated carbocycles. The number of ether oxygens (including phenoxy) is 2. The molecule has 0 amide bonds. The average Bonchev–Trinajstić information content (AvgIpc) is 2.51. The van der Waals surface area contributed by atoms with Crippen LogP contribution in [0.5, 0.6) is 0 Å². The fourth-order valence-electron chi connectivity index (χ4n) is 3.02. The van der Waals surface area contributed by atoms with Gasteiger partial charge in [0.25, 0.3) is 0 Å². The van der Waals surface area contributed by atoms with Gasteiger partial charge >= 0.3 is 0 Å². The van der Waals surface area contributed by atoms with Crippen molar-refractivity contribution in [1.82, 2.24) is 0 Å². The Labute approximate surface area is 135 Å². The van der Waals surface area contributed by atoms with Crippen LogP contribution in [0.15, 0.2) is 11.1 Å². The van der Waals surface area contributed by atoms with Crippen LogP contribution in [0.4, 0.5) is 0 Å². The van der Waals surface area contributed by atoms with Crippen LogP contribution in [0.25, 0.3) is 0 Å². The minimum absolute atomic E-state index is 0.0815. The molecule has 1 aliphatic heterocycles. The Hall–Kier alpha value is -0.830. The van der Waals surface area contributed by atoms with E-state index in [-0.39, 0.29) is 12.4 Å². The molecule has 4 N–H and O–H groups in total. The molecule has 2 fully saturated rings. The van der Waals surface area contributed by atoms with E-state index in [4.69, 9.17) is 14.6 Å². The second kappa shape index (κ2) is 7.83. The minimum Gasteiger partial charge on any atom is -0.394 e. The first-order chi connectivity index (χ1) is 10.8. The standard InChI is InChI=1S/C16H26O7/c1-8-3-4-10(11(18)5-8)9(2)7-22-16-15(21)14(20)13(19)12(6-17)23-16/h8,12-17,19-21H,3-7H2,1-2H3. The number of allylic oxidation sites excluding steroid dienone is 1. The summed E-state index contributed by atoms with van der Waals surface area (Å²) in [6, 6.07) is 0. The predicted octanol–water partition coefficient (Wildman–Crippen LogP) is -0.492. The second-order valence-corrected chi connectivity index (χ2v) is 6.54. The van der Waals surface area contributed by atoms with Crippen molar-refractivity contribution in [2.24, 2.45) is 5.92 Å². The molecule has 23 heavy (non-hydrogen) atoms. The predicted molar refractivity (Wildman–Crippen MR) is 80.4 cm³/mol. The zero-order valence-corrected chi connectivity index (χ0v) is 13.5. The number of rotatable bonds is 4. The van der Waals surface area contributed by atoms with Gasteiger partial charge in [0, 0.05) is 6.42 Å². The molecule has 0 aromatic carbocycles. The van der Waals surface area contributed by atoms with Crippen LogP contribution in [-0.4, -0.2) is 70.1 Å². The van der Waals surface area contributed by atoms with Crippen molar-refractivity contribution in [3.63, 3.8) is 0 Å². The van der Waals surface area contributed by atoms with Crippen molar-refractivity contribution >= 4 is 5.78 Å². The normalized spacial score (nSPS) is 41.0. The molecule has 1 heterocycles. The van der Waals surface area contributed by atoms with Crippen LogP contribution < -0.4 is 0 Å². The van der Waals surface area contributed by atoms with Crippen LogP contribution in [0.1, 0.15) is 33.1 Å². The van der Waals surface area contributed by atoms with Gasteiger partial charge in [-0.1, -0.05) is 6.92 Å². The molecule has 2 aliphatic rings. The lowest BCUT2D eigenvalue weighted by Gasteiger charge is -2.39. The highest BCUT2D eigenvalue weighted by molar-refractivity contribution is 5.96. The van der Waals surface area contributed by atoms with E-state index in [0.29, 0.717) is 18.8 Å². The molecule has 7 nitrogen and oxygen atoms in total. The number of ketones is 1. The first-order valence-corrected chi connectivity index (χ1v) is 7.99. The maximum absolute atomic E-state index is 12.1. The molecule has 1 saturated heterocycles. The second-order valence-electron chi connectivity index (χ2n) is 6.54. The van der Waals surface area contributed by atoms with E-state index in [1.165, 1.54) is 0 Å². The lowest BCUT2D eigenvalue weighted by molar-refractivity contribution is -0.299. The van der Waals surface area contributed by atoms with Crippen LogP contribution in [0.2, 0.25) is 0 Å². The van der Waals surface area contributed by atoms with Crippen LogP contribution >= 0.6 is 0 Å². The van der Waals surface area contributed by atoms with Gasteiger partial charge in [0.2, 0.25) is 0 Å². The number of carbonyl (C=O) groups is 1. The van der Waals surface area contributed by atoms with E-state index in [9.17, 15) is 20.1 Å². The van der Waals surface area contributed by atoms with E-state index < -0.39 is 37.3 Å². The van der Waals surface area contributed by atoms with Gasteiger partial charge < -0.3 is 29.9 Å². The summed E-state index contributed by atoms with van der Waals surface area (Å²) in [6.45, 7) is 3.43. The summed E-state index contributed by atoms with van der Waals surface area (Å²) in [4.78, 5) is 12.1. The highest BCUT2D eigenvalue weighted by Gasteiger charge is 2.44. The van der Waals surface area contributed by atoms with Crippen molar-refractivity contribution in [2.75, 3.05) is 13.2 Å². The lowest BCUT2D eigenvalue weighted by atomic mass is 9.84. The Morgan fingerprint density at radius 2 is 1.96 bits per heavy atom. The minimum atomic E-state index is -1.46. The molecule has 0 bridgehead atoms. The summed E-state index contributed by atoms with van der Waals surface area (Å²) >= 11 is 0. The third-order valence-corrected chi connectivity index (χ3v) is 4.59. The summed E-state index contributed by atoms with van der Waals surface area (Å²) in [6.07, 6.45) is -4.25. The van der Waals surface area contributed by atoms with Gasteiger partial charge in [0.1, 0.15) is 24.4 Å². The summed E-state index contributed by atoms with van der Waals surface area (Å²) in [5, 5.41) is 38.5. The average molecular weight is 330 g/mol. The van der Waals surface area contributed by atoms with Gasteiger partial charge in [-0.2, -0.15) is 0 Å². The van der Waals surface area contributed by atoms with Crippen LogP contribution in [-0.2, 0) is 14.3 Å². The molecule has 0 spiro atoms. The van der Waals surface area contributed by atoms with Crippen molar-refractivity contribution < 1.29 is 34.7 Å². The van der Waals surface area contributed by atoms with E-state index in [2.05, 4.69) is 6.92 Å². The lowest BCUT2D eigenvalue weighted by Crippen LogP contribution is -2.59. The Morgan fingerprint density at radius 3 is 2.57 bits per heavy atom. The smallest absolute Gasteiger partial charge is 0.187 e. The third kappa shape index (κ3) is 4.17. The summed E-state index contributed by atoms with van der Waals surface area (Å²) in [5.41, 5.74) is 1.53. The molecule has 2 rings (SSSR count). The highest BCUT2D eigenvalue weighted by Crippen LogP contribution is 2.28. The van der Waals surface area contributed by atoms with Gasteiger partial charge in [0.05, 0.1) is 13.2 Å². The molecule has 1 aliphatic carbocycles. The van der Waals surface area contributed by atoms with Gasteiger partial charge in [-0.3, -0.25) is 4.79 Å². The van der Waals surface area contributed by atoms with Crippen molar-refractivity contribution in [2.45, 2.75) is 63.8 Å². The zero-order valence-electron chi connectivity index (χ0n) is 13.5. The topological polar surface area (TPSA) is 116 Å². The number of carbonyl (C=O) groups excluding carboxylic acids is 1. The van der Waals surface area contributed by atoms with Crippen LogP contribution in [0, 0.1) is 5.92 Å². The highest BCUT2D eigenvalue weighted by atomic mass is 16.7. The van der Waals surface area contributed by atoms with Gasteiger partial charge in [-0.05, 0) is 36.8 Å². The van der Waals surface area contributed by atoms with Crippen molar-refractivity contribution in [3.8, 4) is 0 Å². The molecule has 0 radical (unpaired) electrons. The number of hydrogen-bond donors (Lipinski definition) is 4. The number of Topliss-reactive ketones (excluding diaryl/α,β-unsaturated/α-hetero) is 1. The number of aliphatic hydroxyl groups is 4.